The molecule has 7 nitrogen and oxygen atoms in total. The molecule has 0 radical (unpaired) electrons. The van der Waals surface area contributed by atoms with Crippen molar-refractivity contribution in [2.45, 2.75) is 90.1 Å². The van der Waals surface area contributed by atoms with E-state index in [1.165, 1.54) is 29.2 Å². The molecule has 0 fully saturated rings. The minimum absolute atomic E-state index is 0.304. The van der Waals surface area contributed by atoms with Crippen molar-refractivity contribution in [3.63, 3.8) is 0 Å². The Labute approximate surface area is 369 Å². The summed E-state index contributed by atoms with van der Waals surface area (Å²) in [5.74, 6) is 2.13. The molecule has 1 aliphatic carbocycles. The van der Waals surface area contributed by atoms with Gasteiger partial charge in [0, 0.05) is 6.92 Å². The lowest BCUT2D eigenvalue weighted by Gasteiger charge is -2.34. The van der Waals surface area contributed by atoms with Crippen LogP contribution in [0.1, 0.15) is 64.3 Å². The first-order valence-electron chi connectivity index (χ1n) is 21.6. The van der Waals surface area contributed by atoms with Gasteiger partial charge in [0.2, 0.25) is 0 Å². The average molecular weight is 863 g/mol. The summed E-state index contributed by atoms with van der Waals surface area (Å²) in [6.07, 6.45) is 2.70. The molecule has 0 saturated carbocycles. The SMILES string of the molecule is COc1ccc(C2(c3ccc(OC(=O)Oc4ccccc4CCC[Si](C)(C)O[Si](C)(C)CCCc4ccccc4OC(C)=O)c(C)c3)c3ccccc3-c3ccccc32)cc1C. The highest BCUT2D eigenvalue weighted by atomic mass is 28.4. The highest BCUT2D eigenvalue weighted by Crippen LogP contribution is 2.56. The van der Waals surface area contributed by atoms with Crippen molar-refractivity contribution in [1.29, 1.82) is 0 Å². The highest BCUT2D eigenvalue weighted by molar-refractivity contribution is 6.84. The van der Waals surface area contributed by atoms with Gasteiger partial charge in [-0.05, 0) is 158 Å². The smallest absolute Gasteiger partial charge is 0.496 e. The molecule has 0 unspecified atom stereocenters. The Balaban J connectivity index is 1.01. The van der Waals surface area contributed by atoms with Crippen LogP contribution in [0.2, 0.25) is 38.3 Å². The van der Waals surface area contributed by atoms with Gasteiger partial charge in [-0.25, -0.2) is 4.79 Å². The van der Waals surface area contributed by atoms with E-state index in [0.29, 0.717) is 17.2 Å². The number of ether oxygens (including phenoxy) is 4. The molecule has 0 bridgehead atoms. The molecular weight excluding hydrogens is 805 g/mol. The molecule has 0 spiro atoms. The molecule has 0 aromatic heterocycles. The number of rotatable bonds is 16. The number of fused-ring (bicyclic) bond motifs is 3. The third kappa shape index (κ3) is 9.65. The number of benzene rings is 6. The number of aryl methyl sites for hydroxylation is 4. The molecule has 7 rings (SSSR count). The van der Waals surface area contributed by atoms with Crippen molar-refractivity contribution in [3.05, 3.63) is 178 Å². The third-order valence-electron chi connectivity index (χ3n) is 12.0. The molecule has 62 heavy (non-hydrogen) atoms. The molecule has 6 aromatic carbocycles. The maximum atomic E-state index is 13.5. The second kappa shape index (κ2) is 18.7. The average Bonchev–Trinajstić information content (AvgIpc) is 3.53. The van der Waals surface area contributed by atoms with Crippen LogP contribution >= 0.6 is 0 Å². The zero-order chi connectivity index (χ0) is 44.1. The largest absolute Gasteiger partial charge is 0.519 e. The molecule has 0 heterocycles. The number of hydrogen-bond donors (Lipinski definition) is 0. The Bertz CT molecular complexity index is 2530. The molecule has 9 heteroatoms. The number of methoxy groups -OCH3 is 1. The van der Waals surface area contributed by atoms with Gasteiger partial charge >= 0.3 is 12.1 Å². The first kappa shape index (κ1) is 44.3. The van der Waals surface area contributed by atoms with Gasteiger partial charge in [-0.1, -0.05) is 109 Å². The van der Waals surface area contributed by atoms with Crippen molar-refractivity contribution < 1.29 is 32.7 Å². The van der Waals surface area contributed by atoms with Gasteiger partial charge in [0.1, 0.15) is 23.0 Å². The van der Waals surface area contributed by atoms with Gasteiger partial charge in [0.25, 0.3) is 0 Å². The van der Waals surface area contributed by atoms with E-state index in [1.54, 1.807) is 7.11 Å². The fraction of sp³-hybridized carbons (Fsp3) is 0.283. The van der Waals surface area contributed by atoms with Crippen LogP contribution in [-0.2, 0) is 27.2 Å². The Kier molecular flexibility index (Phi) is 13.4. The molecule has 1 aliphatic rings. The summed E-state index contributed by atoms with van der Waals surface area (Å²) < 4.78 is 29.9. The van der Waals surface area contributed by atoms with Crippen LogP contribution in [-0.4, -0.2) is 35.9 Å². The van der Waals surface area contributed by atoms with Crippen molar-refractivity contribution in [1.82, 2.24) is 0 Å². The fourth-order valence-electron chi connectivity index (χ4n) is 9.37. The summed E-state index contributed by atoms with van der Waals surface area (Å²) in [7, 11) is -2.25. The van der Waals surface area contributed by atoms with Gasteiger partial charge in [0.05, 0.1) is 12.5 Å². The molecule has 0 atom stereocenters. The topological polar surface area (TPSA) is 80.3 Å². The summed E-state index contributed by atoms with van der Waals surface area (Å²) in [6.45, 7) is 14.7. The Morgan fingerprint density at radius 2 is 0.968 bits per heavy atom. The fourth-order valence-corrected chi connectivity index (χ4v) is 18.2. The van der Waals surface area contributed by atoms with Crippen LogP contribution < -0.4 is 18.9 Å². The molecule has 0 N–H and O–H groups in total. The van der Waals surface area contributed by atoms with E-state index in [2.05, 4.69) is 106 Å². The summed E-state index contributed by atoms with van der Waals surface area (Å²) in [6, 6.07) is 47.2. The van der Waals surface area contributed by atoms with Crippen molar-refractivity contribution >= 4 is 28.8 Å². The van der Waals surface area contributed by atoms with Crippen LogP contribution in [0.15, 0.2) is 133 Å². The van der Waals surface area contributed by atoms with Crippen LogP contribution in [0.5, 0.6) is 23.0 Å². The Morgan fingerprint density at radius 1 is 0.532 bits per heavy atom. The normalized spacial score (nSPS) is 12.9. The number of esters is 1. The number of carbonyl (C=O) groups excluding carboxylic acids is 2. The standard InChI is InChI=1S/C53H58O7Si2/c1-37-35-42(29-31-48(37)56-4)53(46-25-13-11-23-44(46)45-24-12-14-26-47(45)53)43-30-32-49(38(2)36-43)58-52(55)59-51-28-16-10-20-41(51)22-18-34-62(7,8)60-61(5,6)33-17-21-40-19-9-15-27-50(40)57-39(3)54/h9-16,19-20,23-32,35-36H,17-18,21-22,33-34H2,1-8H3. The lowest BCUT2D eigenvalue weighted by atomic mass is 9.67. The van der Waals surface area contributed by atoms with E-state index in [-0.39, 0.29) is 5.97 Å². The van der Waals surface area contributed by atoms with Crippen LogP contribution in [0.25, 0.3) is 11.1 Å². The maximum absolute atomic E-state index is 13.5. The predicted molar refractivity (Wildman–Crippen MR) is 253 cm³/mol. The summed E-state index contributed by atoms with van der Waals surface area (Å²) >= 11 is 0. The van der Waals surface area contributed by atoms with E-state index in [4.69, 9.17) is 23.1 Å². The number of carbonyl (C=O) groups is 2. The van der Waals surface area contributed by atoms with E-state index in [9.17, 15) is 9.59 Å². The van der Waals surface area contributed by atoms with Crippen LogP contribution in [0.3, 0.4) is 0 Å². The molecule has 0 saturated heterocycles. The minimum atomic E-state index is -2.00. The number of para-hydroxylation sites is 2. The van der Waals surface area contributed by atoms with Gasteiger partial charge in [-0.15, -0.1) is 0 Å². The lowest BCUT2D eigenvalue weighted by molar-refractivity contribution is -0.131. The van der Waals surface area contributed by atoms with Crippen molar-refractivity contribution in [3.8, 4) is 34.1 Å². The number of hydrogen-bond acceptors (Lipinski definition) is 7. The van der Waals surface area contributed by atoms with Gasteiger partial charge in [-0.3, -0.25) is 4.79 Å². The van der Waals surface area contributed by atoms with E-state index >= 15 is 0 Å². The molecule has 0 amide bonds. The Hall–Kier alpha value is -5.75. The van der Waals surface area contributed by atoms with Crippen molar-refractivity contribution in [2.75, 3.05) is 7.11 Å². The van der Waals surface area contributed by atoms with Gasteiger partial charge in [0.15, 0.2) is 16.6 Å². The van der Waals surface area contributed by atoms with Gasteiger partial charge in [-0.2, -0.15) is 0 Å². The molecule has 0 aliphatic heterocycles. The maximum Gasteiger partial charge on any atom is 0.519 e. The molecule has 6 aromatic rings. The van der Waals surface area contributed by atoms with Crippen LogP contribution in [0, 0.1) is 13.8 Å². The summed E-state index contributed by atoms with van der Waals surface area (Å²) in [4.78, 5) is 25.1. The first-order valence-corrected chi connectivity index (χ1v) is 27.8. The quantitative estimate of drug-likeness (QED) is 0.0414. The van der Waals surface area contributed by atoms with E-state index in [0.717, 1.165) is 76.9 Å². The second-order valence-electron chi connectivity index (χ2n) is 17.6. The van der Waals surface area contributed by atoms with Crippen molar-refractivity contribution in [2.24, 2.45) is 0 Å². The summed E-state index contributed by atoms with van der Waals surface area (Å²) in [5, 5.41) is 0. The van der Waals surface area contributed by atoms with Crippen LogP contribution in [0.4, 0.5) is 4.79 Å². The van der Waals surface area contributed by atoms with E-state index < -0.39 is 28.2 Å². The monoisotopic (exact) mass is 862 g/mol. The lowest BCUT2D eigenvalue weighted by Crippen LogP contribution is -2.44. The summed E-state index contributed by atoms with van der Waals surface area (Å²) in [5.41, 5.74) is 10.3. The highest BCUT2D eigenvalue weighted by Gasteiger charge is 2.46. The minimum Gasteiger partial charge on any atom is -0.496 e. The zero-order valence-corrected chi connectivity index (χ0v) is 39.3. The Morgan fingerprint density at radius 3 is 1.45 bits per heavy atom. The molecular formula is C53H58O7Si2. The third-order valence-corrected chi connectivity index (χ3v) is 19.5. The first-order chi connectivity index (χ1) is 29.7. The zero-order valence-electron chi connectivity index (χ0n) is 37.3. The predicted octanol–water partition coefficient (Wildman–Crippen LogP) is 13.2. The van der Waals surface area contributed by atoms with E-state index in [1.807, 2.05) is 67.6 Å². The molecule has 320 valence electrons. The van der Waals surface area contributed by atoms with Gasteiger partial charge < -0.3 is 23.1 Å². The second-order valence-corrected chi connectivity index (χ2v) is 26.5.